The van der Waals surface area contributed by atoms with Crippen molar-refractivity contribution in [3.63, 3.8) is 0 Å². The summed E-state index contributed by atoms with van der Waals surface area (Å²) in [6.07, 6.45) is 1.89. The number of pyridine rings is 1. The molecule has 0 atom stereocenters. The lowest BCUT2D eigenvalue weighted by atomic mass is 9.98. The van der Waals surface area contributed by atoms with Gasteiger partial charge in [-0.3, -0.25) is 4.98 Å². The highest BCUT2D eigenvalue weighted by molar-refractivity contribution is 5.80. The van der Waals surface area contributed by atoms with E-state index in [0.717, 1.165) is 59.6 Å². The van der Waals surface area contributed by atoms with Crippen LogP contribution >= 0.6 is 0 Å². The molecular weight excluding hydrogens is 400 g/mol. The molecule has 0 radical (unpaired) electrons. The van der Waals surface area contributed by atoms with Crippen molar-refractivity contribution in [1.82, 2.24) is 30.5 Å². The van der Waals surface area contributed by atoms with Crippen LogP contribution in [0.2, 0.25) is 0 Å². The second kappa shape index (κ2) is 8.88. The molecule has 0 fully saturated rings. The lowest BCUT2D eigenvalue weighted by Crippen LogP contribution is -2.28. The molecule has 0 saturated carbocycles. The molecule has 0 spiro atoms. The normalized spacial score (nSPS) is 13.7. The van der Waals surface area contributed by atoms with Gasteiger partial charge in [0.25, 0.3) is 0 Å². The van der Waals surface area contributed by atoms with Crippen molar-refractivity contribution in [2.24, 2.45) is 0 Å². The zero-order valence-electron chi connectivity index (χ0n) is 18.4. The molecule has 1 aliphatic rings. The van der Waals surface area contributed by atoms with Crippen LogP contribution in [0.3, 0.4) is 0 Å². The van der Waals surface area contributed by atoms with Crippen LogP contribution in [0.4, 0.5) is 0 Å². The lowest BCUT2D eigenvalue weighted by Gasteiger charge is -2.26. The fraction of sp³-hybridized carbons (Fsp3) is 0.280. The minimum absolute atomic E-state index is 0.524. The molecule has 7 nitrogen and oxygen atoms in total. The molecule has 0 unspecified atom stereocenters. The van der Waals surface area contributed by atoms with Crippen molar-refractivity contribution < 1.29 is 4.74 Å². The number of tetrazole rings is 1. The van der Waals surface area contributed by atoms with E-state index >= 15 is 0 Å². The number of H-pyrrole nitrogens is 1. The van der Waals surface area contributed by atoms with Crippen LogP contribution in [0.25, 0.3) is 22.5 Å². The summed E-state index contributed by atoms with van der Waals surface area (Å²) in [4.78, 5) is 7.15. The fourth-order valence-electron chi connectivity index (χ4n) is 4.13. The Balaban J connectivity index is 1.36. The molecule has 7 heteroatoms. The van der Waals surface area contributed by atoms with Gasteiger partial charge in [-0.25, -0.2) is 0 Å². The first-order valence-corrected chi connectivity index (χ1v) is 11.0. The van der Waals surface area contributed by atoms with Gasteiger partial charge in [0.15, 0.2) is 0 Å². The first kappa shape index (κ1) is 20.3. The lowest BCUT2D eigenvalue weighted by molar-refractivity contribution is 0.272. The molecule has 0 amide bonds. The summed E-state index contributed by atoms with van der Waals surface area (Å²) in [6.45, 7) is 4.58. The molecular formula is C25H26N6O. The van der Waals surface area contributed by atoms with Gasteiger partial charge in [-0.2, -0.15) is 5.21 Å². The van der Waals surface area contributed by atoms with Crippen LogP contribution in [0.1, 0.15) is 29.4 Å². The number of aryl methyl sites for hydroxylation is 1. The van der Waals surface area contributed by atoms with Crippen LogP contribution in [0, 0.1) is 0 Å². The second-order valence-electron chi connectivity index (χ2n) is 8.14. The summed E-state index contributed by atoms with van der Waals surface area (Å²) in [7, 11) is 2.14. The molecule has 0 aliphatic carbocycles. The number of aromatic amines is 1. The third kappa shape index (κ3) is 4.11. The highest BCUT2D eigenvalue weighted by Crippen LogP contribution is 2.31. The van der Waals surface area contributed by atoms with Crippen LogP contribution in [0.5, 0.6) is 5.75 Å². The molecule has 3 heterocycles. The molecule has 162 valence electrons. The van der Waals surface area contributed by atoms with E-state index in [1.165, 1.54) is 11.3 Å². The van der Waals surface area contributed by atoms with Crippen LogP contribution in [0.15, 0.2) is 54.6 Å². The third-order valence-electron chi connectivity index (χ3n) is 5.92. The zero-order valence-corrected chi connectivity index (χ0v) is 18.4. The Hall–Kier alpha value is -3.58. The SMILES string of the molecule is CCc1cc(OCc2ccc(-c3ccccc3-c3nn[nH]n3)cc2)c2c(n1)CCN(C)C2. The fourth-order valence-corrected chi connectivity index (χ4v) is 4.13. The number of hydrogen-bond acceptors (Lipinski definition) is 6. The van der Waals surface area contributed by atoms with Gasteiger partial charge in [0.1, 0.15) is 12.4 Å². The number of nitrogens with zero attached hydrogens (tertiary/aromatic N) is 5. The van der Waals surface area contributed by atoms with Crippen molar-refractivity contribution in [1.29, 1.82) is 0 Å². The number of rotatable bonds is 6. The van der Waals surface area contributed by atoms with E-state index in [4.69, 9.17) is 9.72 Å². The number of hydrogen-bond donors (Lipinski definition) is 1. The first-order chi connectivity index (χ1) is 15.7. The maximum atomic E-state index is 6.31. The smallest absolute Gasteiger partial charge is 0.205 e. The number of aromatic nitrogens is 5. The summed E-state index contributed by atoms with van der Waals surface area (Å²) < 4.78 is 6.31. The van der Waals surface area contributed by atoms with Gasteiger partial charge in [0.2, 0.25) is 5.82 Å². The zero-order chi connectivity index (χ0) is 21.9. The van der Waals surface area contributed by atoms with E-state index in [1.54, 1.807) is 0 Å². The molecule has 1 N–H and O–H groups in total. The summed E-state index contributed by atoms with van der Waals surface area (Å²) in [6, 6.07) is 18.6. The third-order valence-corrected chi connectivity index (χ3v) is 5.92. The molecule has 0 saturated heterocycles. The Morgan fingerprint density at radius 3 is 2.62 bits per heavy atom. The average molecular weight is 427 g/mol. The predicted molar refractivity (Wildman–Crippen MR) is 123 cm³/mol. The number of nitrogens with one attached hydrogen (secondary N) is 1. The van der Waals surface area contributed by atoms with E-state index in [0.29, 0.717) is 12.4 Å². The Bertz CT molecular complexity index is 1200. The van der Waals surface area contributed by atoms with E-state index < -0.39 is 0 Å². The largest absolute Gasteiger partial charge is 0.488 e. The van der Waals surface area contributed by atoms with Crippen molar-refractivity contribution in [2.75, 3.05) is 13.6 Å². The van der Waals surface area contributed by atoms with Crippen molar-refractivity contribution >= 4 is 0 Å². The van der Waals surface area contributed by atoms with E-state index in [1.807, 2.05) is 18.2 Å². The first-order valence-electron chi connectivity index (χ1n) is 11.0. The Kier molecular flexibility index (Phi) is 5.64. The van der Waals surface area contributed by atoms with Gasteiger partial charge < -0.3 is 9.64 Å². The molecule has 0 bridgehead atoms. The maximum Gasteiger partial charge on any atom is 0.205 e. The van der Waals surface area contributed by atoms with Crippen molar-refractivity contribution in [3.8, 4) is 28.3 Å². The van der Waals surface area contributed by atoms with Gasteiger partial charge in [0.05, 0.1) is 5.69 Å². The average Bonchev–Trinajstić information content (AvgIpc) is 3.38. The molecule has 32 heavy (non-hydrogen) atoms. The quantitative estimate of drug-likeness (QED) is 0.501. The monoisotopic (exact) mass is 426 g/mol. The van der Waals surface area contributed by atoms with Gasteiger partial charge in [0, 0.05) is 42.4 Å². The van der Waals surface area contributed by atoms with Gasteiger partial charge in [-0.15, -0.1) is 10.2 Å². The summed E-state index contributed by atoms with van der Waals surface area (Å²) in [5, 5.41) is 14.5. The number of ether oxygens (including phenoxy) is 1. The number of benzene rings is 2. The van der Waals surface area contributed by atoms with Crippen LogP contribution < -0.4 is 4.74 Å². The topological polar surface area (TPSA) is 79.8 Å². The van der Waals surface area contributed by atoms with Crippen LogP contribution in [-0.4, -0.2) is 44.1 Å². The van der Waals surface area contributed by atoms with Crippen molar-refractivity contribution in [2.45, 2.75) is 32.9 Å². The molecule has 4 aromatic rings. The van der Waals surface area contributed by atoms with Gasteiger partial charge in [-0.05, 0) is 35.4 Å². The number of fused-ring (bicyclic) bond motifs is 1. The van der Waals surface area contributed by atoms with E-state index in [9.17, 15) is 0 Å². The molecule has 2 aromatic carbocycles. The minimum atomic E-state index is 0.524. The summed E-state index contributed by atoms with van der Waals surface area (Å²) in [5.74, 6) is 1.55. The molecule has 5 rings (SSSR count). The Labute approximate surface area is 187 Å². The highest BCUT2D eigenvalue weighted by atomic mass is 16.5. The molecule has 2 aromatic heterocycles. The standard InChI is InChI=1S/C25H26N6O/c1-3-19-14-24(22-15-31(2)13-12-23(22)26-19)32-16-17-8-10-18(11-9-17)20-6-4-5-7-21(20)25-27-29-30-28-25/h4-11,14H,3,12-13,15-16H2,1-2H3,(H,27,28,29,30). The summed E-state index contributed by atoms with van der Waals surface area (Å²) >= 11 is 0. The Morgan fingerprint density at radius 2 is 1.88 bits per heavy atom. The Morgan fingerprint density at radius 1 is 1.06 bits per heavy atom. The number of likely N-dealkylation sites (N-methyl/N-ethyl adjacent to an activating group) is 1. The van der Waals surface area contributed by atoms with E-state index in [2.05, 4.69) is 75.9 Å². The molecule has 1 aliphatic heterocycles. The van der Waals surface area contributed by atoms with Gasteiger partial charge in [-0.1, -0.05) is 55.5 Å². The minimum Gasteiger partial charge on any atom is -0.488 e. The second-order valence-corrected chi connectivity index (χ2v) is 8.14. The maximum absolute atomic E-state index is 6.31. The van der Waals surface area contributed by atoms with Crippen LogP contribution in [-0.2, 0) is 26.0 Å². The summed E-state index contributed by atoms with van der Waals surface area (Å²) in [5.41, 5.74) is 7.75. The van der Waals surface area contributed by atoms with Crippen molar-refractivity contribution in [3.05, 3.63) is 77.1 Å². The van der Waals surface area contributed by atoms with E-state index in [-0.39, 0.29) is 0 Å². The predicted octanol–water partition coefficient (Wildman–Crippen LogP) is 4.06. The van der Waals surface area contributed by atoms with Gasteiger partial charge >= 0.3 is 0 Å². The highest BCUT2D eigenvalue weighted by Gasteiger charge is 2.20.